The van der Waals surface area contributed by atoms with Crippen LogP contribution in [0.1, 0.15) is 5.56 Å². The first-order chi connectivity index (χ1) is 30.7. The summed E-state index contributed by atoms with van der Waals surface area (Å²) in [5.41, 5.74) is 12.4. The normalized spacial score (nSPS) is 11.8. The predicted molar refractivity (Wildman–Crippen MR) is 253 cm³/mol. The lowest BCUT2D eigenvalue weighted by Gasteiger charge is -2.23. The van der Waals surface area contributed by atoms with Gasteiger partial charge in [0.1, 0.15) is 17.2 Å². The highest BCUT2D eigenvalue weighted by atomic mass is 16.3. The molecule has 0 atom stereocenters. The Morgan fingerprint density at radius 2 is 1.02 bits per heavy atom. The minimum Gasteiger partial charge on any atom is -0.455 e. The lowest BCUT2D eigenvalue weighted by molar-refractivity contribution is 0.673. The summed E-state index contributed by atoms with van der Waals surface area (Å²) in [6, 6.07) is 67.4. The molecule has 6 nitrogen and oxygen atoms in total. The third-order valence-electron chi connectivity index (χ3n) is 12.7. The fraction of sp³-hybridized carbons (Fsp3) is 0. The van der Waals surface area contributed by atoms with Gasteiger partial charge in [0.15, 0.2) is 0 Å². The first kappa shape index (κ1) is 34.1. The van der Waals surface area contributed by atoms with Crippen LogP contribution >= 0.6 is 0 Å². The van der Waals surface area contributed by atoms with E-state index in [1.807, 2.05) is 48.5 Å². The SMILES string of the molecule is [C-]#[N+]c1cc(C#N)c(-n2c3ccccc3c3ccc4c5ccccc5n(-c5ccccc5)c4c32)c(-c2ccccc2)c1-n1c2ccccc2c2c3oc4ccccc4c3ccc21. The second kappa shape index (κ2) is 12.8. The number of nitriles is 1. The molecule has 0 N–H and O–H groups in total. The Balaban J connectivity index is 1.28. The third-order valence-corrected chi connectivity index (χ3v) is 12.7. The number of hydrogen-bond donors (Lipinski definition) is 0. The molecule has 13 aromatic rings. The van der Waals surface area contributed by atoms with Crippen LogP contribution in [0.25, 0.3) is 120 Å². The summed E-state index contributed by atoms with van der Waals surface area (Å²) in [5, 5.41) is 19.8. The molecule has 0 bridgehead atoms. The van der Waals surface area contributed by atoms with Gasteiger partial charge < -0.3 is 18.1 Å². The topological polar surface area (TPSA) is 56.1 Å². The van der Waals surface area contributed by atoms with Crippen molar-refractivity contribution in [3.63, 3.8) is 0 Å². The molecule has 4 aromatic heterocycles. The number of fused-ring (bicyclic) bond motifs is 14. The van der Waals surface area contributed by atoms with Crippen molar-refractivity contribution in [3.05, 3.63) is 205 Å². The van der Waals surface area contributed by atoms with Gasteiger partial charge in [-0.1, -0.05) is 133 Å². The highest BCUT2D eigenvalue weighted by molar-refractivity contribution is 6.26. The van der Waals surface area contributed by atoms with Gasteiger partial charge in [0.05, 0.1) is 62.0 Å². The van der Waals surface area contributed by atoms with E-state index in [1.54, 1.807) is 6.07 Å². The van der Waals surface area contributed by atoms with Gasteiger partial charge in [-0.25, -0.2) is 4.85 Å². The van der Waals surface area contributed by atoms with E-state index in [2.05, 4.69) is 158 Å². The minimum atomic E-state index is 0.376. The standard InChI is InChI=1S/C56H31N5O/c1-58-44-32-35(33-57)52(61-46-25-13-9-21-38(46)41-29-28-40-37-20-8-12-24-45(37)59(53(40)54(41)61)36-18-6-3-7-19-36)50(34-16-4-2-5-17-34)55(44)60-47-26-14-10-23-43(47)51-48(60)31-30-42-39-22-11-15-27-49(39)62-56(42)51/h2-32H. The Morgan fingerprint density at radius 1 is 0.468 bits per heavy atom. The largest absolute Gasteiger partial charge is 0.455 e. The first-order valence-electron chi connectivity index (χ1n) is 20.6. The summed E-state index contributed by atoms with van der Waals surface area (Å²) in [4.78, 5) is 4.25. The molecular formula is C56H31N5O. The van der Waals surface area contributed by atoms with Crippen molar-refractivity contribution >= 4 is 93.0 Å². The highest BCUT2D eigenvalue weighted by Gasteiger charge is 2.30. The quantitative estimate of drug-likeness (QED) is 0.167. The molecule has 0 aliphatic heterocycles. The summed E-state index contributed by atoms with van der Waals surface area (Å²) in [6.45, 7) is 8.81. The molecule has 0 radical (unpaired) electrons. The van der Waals surface area contributed by atoms with Crippen LogP contribution in [0.5, 0.6) is 0 Å². The Labute approximate surface area is 354 Å². The molecular weight excluding hydrogens is 759 g/mol. The van der Waals surface area contributed by atoms with Crippen molar-refractivity contribution in [1.29, 1.82) is 5.26 Å². The average molecular weight is 790 g/mol. The van der Waals surface area contributed by atoms with E-state index in [9.17, 15) is 5.26 Å². The molecule has 9 aromatic carbocycles. The second-order valence-electron chi connectivity index (χ2n) is 15.8. The van der Waals surface area contributed by atoms with E-state index in [1.165, 1.54) is 0 Å². The van der Waals surface area contributed by atoms with E-state index in [-0.39, 0.29) is 0 Å². The summed E-state index contributed by atoms with van der Waals surface area (Å²) < 4.78 is 13.6. The van der Waals surface area contributed by atoms with Gasteiger partial charge in [-0.15, -0.1) is 0 Å². The van der Waals surface area contributed by atoms with Crippen molar-refractivity contribution in [2.45, 2.75) is 0 Å². The van der Waals surface area contributed by atoms with Crippen LogP contribution in [-0.4, -0.2) is 13.7 Å². The number of nitrogens with zero attached hydrogens (tertiary/aromatic N) is 5. The van der Waals surface area contributed by atoms with Crippen LogP contribution in [0.4, 0.5) is 5.69 Å². The summed E-state index contributed by atoms with van der Waals surface area (Å²) in [5.74, 6) is 0. The molecule has 0 fully saturated rings. The molecule has 62 heavy (non-hydrogen) atoms. The predicted octanol–water partition coefficient (Wildman–Crippen LogP) is 15.0. The zero-order valence-electron chi connectivity index (χ0n) is 33.0. The van der Waals surface area contributed by atoms with Crippen LogP contribution in [0.2, 0.25) is 0 Å². The van der Waals surface area contributed by atoms with Crippen molar-refractivity contribution in [2.24, 2.45) is 0 Å². The molecule has 0 aliphatic rings. The lowest BCUT2D eigenvalue weighted by atomic mass is 9.95. The number of rotatable bonds is 4. The van der Waals surface area contributed by atoms with Gasteiger partial charge in [-0.3, -0.25) is 0 Å². The van der Waals surface area contributed by atoms with Gasteiger partial charge >= 0.3 is 0 Å². The van der Waals surface area contributed by atoms with Crippen molar-refractivity contribution < 1.29 is 4.42 Å². The number of hydrogen-bond acceptors (Lipinski definition) is 2. The van der Waals surface area contributed by atoms with Gasteiger partial charge in [0, 0.05) is 49.0 Å². The summed E-state index contributed by atoms with van der Waals surface area (Å²) >= 11 is 0. The van der Waals surface area contributed by atoms with Gasteiger partial charge in [0.25, 0.3) is 0 Å². The van der Waals surface area contributed by atoms with E-state index >= 15 is 0 Å². The van der Waals surface area contributed by atoms with E-state index in [0.717, 1.165) is 104 Å². The second-order valence-corrected chi connectivity index (χ2v) is 15.8. The molecule has 0 amide bonds. The van der Waals surface area contributed by atoms with E-state index < -0.39 is 0 Å². The molecule has 13 rings (SSSR count). The number of para-hydroxylation sites is 5. The molecule has 4 heterocycles. The van der Waals surface area contributed by atoms with Crippen LogP contribution in [-0.2, 0) is 0 Å². The molecule has 0 saturated carbocycles. The van der Waals surface area contributed by atoms with Gasteiger partial charge in [-0.2, -0.15) is 5.26 Å². The molecule has 286 valence electrons. The molecule has 0 unspecified atom stereocenters. The average Bonchev–Trinajstić information content (AvgIpc) is 4.08. The van der Waals surface area contributed by atoms with Gasteiger partial charge in [-0.05, 0) is 60.2 Å². The Kier molecular flexibility index (Phi) is 7.05. The number of aromatic nitrogens is 3. The monoisotopic (exact) mass is 789 g/mol. The van der Waals surface area contributed by atoms with Gasteiger partial charge in [0.2, 0.25) is 5.69 Å². The maximum atomic E-state index is 11.4. The van der Waals surface area contributed by atoms with Crippen LogP contribution < -0.4 is 0 Å². The Morgan fingerprint density at radius 3 is 1.69 bits per heavy atom. The maximum Gasteiger partial charge on any atom is 0.212 e. The smallest absolute Gasteiger partial charge is 0.212 e. The Hall–Kier alpha value is -8.84. The van der Waals surface area contributed by atoms with Crippen LogP contribution in [0, 0.1) is 17.9 Å². The van der Waals surface area contributed by atoms with Crippen molar-refractivity contribution in [3.8, 4) is 34.3 Å². The van der Waals surface area contributed by atoms with Crippen molar-refractivity contribution in [1.82, 2.24) is 13.7 Å². The molecule has 0 spiro atoms. The first-order valence-corrected chi connectivity index (χ1v) is 20.6. The maximum absolute atomic E-state index is 11.4. The highest BCUT2D eigenvalue weighted by Crippen LogP contribution is 2.50. The molecule has 6 heteroatoms. The van der Waals surface area contributed by atoms with Crippen molar-refractivity contribution in [2.75, 3.05) is 0 Å². The molecule has 0 saturated heterocycles. The summed E-state index contributed by atoms with van der Waals surface area (Å²) in [7, 11) is 0. The Bertz CT molecular complexity index is 4110. The van der Waals surface area contributed by atoms with Crippen LogP contribution in [0.3, 0.4) is 0 Å². The fourth-order valence-electron chi connectivity index (χ4n) is 10.2. The fourth-order valence-corrected chi connectivity index (χ4v) is 10.2. The minimum absolute atomic E-state index is 0.376. The number of benzene rings is 9. The lowest BCUT2D eigenvalue weighted by Crippen LogP contribution is -2.07. The third kappa shape index (κ3) is 4.50. The summed E-state index contributed by atoms with van der Waals surface area (Å²) in [6.07, 6.45) is 0. The zero-order chi connectivity index (χ0) is 41.1. The number of furan rings is 1. The van der Waals surface area contributed by atoms with E-state index in [0.29, 0.717) is 22.6 Å². The van der Waals surface area contributed by atoms with Crippen LogP contribution in [0.15, 0.2) is 192 Å². The zero-order valence-corrected chi connectivity index (χ0v) is 33.0. The molecule has 0 aliphatic carbocycles. The van der Waals surface area contributed by atoms with E-state index in [4.69, 9.17) is 11.0 Å².